The van der Waals surface area contributed by atoms with Crippen molar-refractivity contribution in [3.05, 3.63) is 54.1 Å². The summed E-state index contributed by atoms with van der Waals surface area (Å²) in [6.45, 7) is 3.60. The Morgan fingerprint density at radius 2 is 1.80 bits per heavy atom. The van der Waals surface area contributed by atoms with Gasteiger partial charge in [0.2, 0.25) is 0 Å². The minimum absolute atomic E-state index is 0.00261. The number of rotatable bonds is 4. The summed E-state index contributed by atoms with van der Waals surface area (Å²) < 4.78 is 9.88. The highest BCUT2D eigenvalue weighted by molar-refractivity contribution is 5.94. The first-order valence-corrected chi connectivity index (χ1v) is 6.11. The zero-order valence-electron chi connectivity index (χ0n) is 11.4. The molecule has 104 valence electrons. The number of benzene rings is 2. The number of hydrogen-bond acceptors (Lipinski definition) is 4. The summed E-state index contributed by atoms with van der Waals surface area (Å²) in [5, 5.41) is 12.0. The third kappa shape index (κ3) is 2.38. The molecular weight excluding hydrogens is 256 g/mol. The van der Waals surface area contributed by atoms with Crippen LogP contribution >= 0.6 is 0 Å². The molecule has 0 bridgehead atoms. The smallest absolute Gasteiger partial charge is 0.336 e. The summed E-state index contributed by atoms with van der Waals surface area (Å²) in [5.41, 5.74) is 0.597. The highest BCUT2D eigenvalue weighted by Gasteiger charge is 2.21. The Morgan fingerprint density at radius 1 is 1.15 bits per heavy atom. The summed E-state index contributed by atoms with van der Waals surface area (Å²) >= 11 is 0. The van der Waals surface area contributed by atoms with Crippen LogP contribution in [0.15, 0.2) is 48.6 Å². The van der Waals surface area contributed by atoms with E-state index in [1.807, 2.05) is 24.3 Å². The molecule has 0 saturated carbocycles. The third-order valence-electron chi connectivity index (χ3n) is 3.21. The summed E-state index contributed by atoms with van der Waals surface area (Å²) in [4.78, 5) is 11.5. The molecule has 0 spiro atoms. The van der Waals surface area contributed by atoms with E-state index < -0.39 is 12.1 Å². The SMILES string of the molecule is C=C(C(=O)OC)C(O)c1ccc(OC)c2ccccc12. The van der Waals surface area contributed by atoms with Crippen molar-refractivity contribution in [1.29, 1.82) is 0 Å². The van der Waals surface area contributed by atoms with Crippen molar-refractivity contribution in [3.63, 3.8) is 0 Å². The molecule has 2 aromatic rings. The molecule has 4 nitrogen and oxygen atoms in total. The van der Waals surface area contributed by atoms with Crippen LogP contribution in [0.1, 0.15) is 11.7 Å². The van der Waals surface area contributed by atoms with Gasteiger partial charge in [0, 0.05) is 5.39 Å². The quantitative estimate of drug-likeness (QED) is 0.686. The first kappa shape index (κ1) is 14.1. The average molecular weight is 272 g/mol. The second kappa shape index (κ2) is 5.75. The van der Waals surface area contributed by atoms with Crippen molar-refractivity contribution < 1.29 is 19.4 Å². The lowest BCUT2D eigenvalue weighted by atomic mass is 9.96. The van der Waals surface area contributed by atoms with Crippen LogP contribution in [-0.4, -0.2) is 25.3 Å². The van der Waals surface area contributed by atoms with E-state index in [0.29, 0.717) is 11.3 Å². The lowest BCUT2D eigenvalue weighted by Gasteiger charge is -2.16. The van der Waals surface area contributed by atoms with Gasteiger partial charge in [-0.3, -0.25) is 0 Å². The molecule has 1 unspecified atom stereocenters. The molecule has 20 heavy (non-hydrogen) atoms. The molecule has 0 fully saturated rings. The predicted octanol–water partition coefficient (Wildman–Crippen LogP) is 2.61. The fourth-order valence-electron chi connectivity index (χ4n) is 2.14. The maximum absolute atomic E-state index is 11.5. The molecule has 0 aliphatic heterocycles. The molecule has 0 heterocycles. The van der Waals surface area contributed by atoms with Crippen LogP contribution in [0.25, 0.3) is 10.8 Å². The molecule has 1 atom stereocenters. The zero-order chi connectivity index (χ0) is 14.7. The van der Waals surface area contributed by atoms with Gasteiger partial charge in [0.05, 0.1) is 19.8 Å². The van der Waals surface area contributed by atoms with E-state index in [1.54, 1.807) is 19.2 Å². The van der Waals surface area contributed by atoms with Crippen molar-refractivity contribution in [2.45, 2.75) is 6.10 Å². The lowest BCUT2D eigenvalue weighted by molar-refractivity contribution is -0.137. The summed E-state index contributed by atoms with van der Waals surface area (Å²) in [6, 6.07) is 11.0. The van der Waals surface area contributed by atoms with Gasteiger partial charge in [-0.1, -0.05) is 36.9 Å². The Labute approximate surface area is 117 Å². The number of aliphatic hydroxyl groups excluding tert-OH is 1. The van der Waals surface area contributed by atoms with Gasteiger partial charge in [0.25, 0.3) is 0 Å². The van der Waals surface area contributed by atoms with E-state index in [9.17, 15) is 9.90 Å². The van der Waals surface area contributed by atoms with E-state index >= 15 is 0 Å². The van der Waals surface area contributed by atoms with Gasteiger partial charge < -0.3 is 14.6 Å². The minimum atomic E-state index is -1.11. The Morgan fingerprint density at radius 3 is 2.40 bits per heavy atom. The molecular formula is C16H16O4. The summed E-state index contributed by atoms with van der Waals surface area (Å²) in [7, 11) is 2.84. The molecule has 0 aliphatic rings. The minimum Gasteiger partial charge on any atom is -0.496 e. The van der Waals surface area contributed by atoms with Crippen molar-refractivity contribution >= 4 is 16.7 Å². The lowest BCUT2D eigenvalue weighted by Crippen LogP contribution is -2.12. The Balaban J connectivity index is 2.56. The van der Waals surface area contributed by atoms with Crippen molar-refractivity contribution in [1.82, 2.24) is 0 Å². The molecule has 0 aromatic heterocycles. The van der Waals surface area contributed by atoms with Gasteiger partial charge in [0.1, 0.15) is 11.9 Å². The van der Waals surface area contributed by atoms with Crippen LogP contribution in [0.4, 0.5) is 0 Å². The van der Waals surface area contributed by atoms with Crippen LogP contribution in [0.2, 0.25) is 0 Å². The monoisotopic (exact) mass is 272 g/mol. The highest BCUT2D eigenvalue weighted by atomic mass is 16.5. The van der Waals surface area contributed by atoms with E-state index in [2.05, 4.69) is 11.3 Å². The number of ether oxygens (including phenoxy) is 2. The molecule has 1 N–H and O–H groups in total. The van der Waals surface area contributed by atoms with E-state index in [1.165, 1.54) is 7.11 Å². The van der Waals surface area contributed by atoms with E-state index in [-0.39, 0.29) is 5.57 Å². The first-order chi connectivity index (χ1) is 9.60. The highest BCUT2D eigenvalue weighted by Crippen LogP contribution is 2.33. The number of hydrogen-bond donors (Lipinski definition) is 1. The molecule has 0 radical (unpaired) electrons. The number of esters is 1. The van der Waals surface area contributed by atoms with Gasteiger partial charge in [-0.05, 0) is 17.0 Å². The molecule has 4 heteroatoms. The van der Waals surface area contributed by atoms with Crippen molar-refractivity contribution in [3.8, 4) is 5.75 Å². The van der Waals surface area contributed by atoms with Gasteiger partial charge in [-0.15, -0.1) is 0 Å². The van der Waals surface area contributed by atoms with Gasteiger partial charge >= 0.3 is 5.97 Å². The Hall–Kier alpha value is -2.33. The van der Waals surface area contributed by atoms with Crippen LogP contribution in [0.3, 0.4) is 0 Å². The van der Waals surface area contributed by atoms with Crippen LogP contribution in [-0.2, 0) is 9.53 Å². The third-order valence-corrected chi connectivity index (χ3v) is 3.21. The van der Waals surface area contributed by atoms with E-state index in [4.69, 9.17) is 4.74 Å². The second-order valence-electron chi connectivity index (χ2n) is 4.32. The maximum atomic E-state index is 11.5. The molecule has 0 amide bonds. The fraction of sp³-hybridized carbons (Fsp3) is 0.188. The maximum Gasteiger partial charge on any atom is 0.336 e. The van der Waals surface area contributed by atoms with Gasteiger partial charge in [-0.25, -0.2) is 4.79 Å². The van der Waals surface area contributed by atoms with Gasteiger partial charge in [0.15, 0.2) is 0 Å². The number of carbonyl (C=O) groups excluding carboxylic acids is 1. The number of aliphatic hydroxyl groups is 1. The molecule has 2 aromatic carbocycles. The van der Waals surface area contributed by atoms with Crippen LogP contribution in [0, 0.1) is 0 Å². The Kier molecular flexibility index (Phi) is 4.05. The first-order valence-electron chi connectivity index (χ1n) is 6.11. The van der Waals surface area contributed by atoms with Crippen molar-refractivity contribution in [2.24, 2.45) is 0 Å². The zero-order valence-corrected chi connectivity index (χ0v) is 11.4. The fourth-order valence-corrected chi connectivity index (χ4v) is 2.14. The molecule has 0 saturated heterocycles. The Bertz CT molecular complexity index is 661. The van der Waals surface area contributed by atoms with Crippen LogP contribution in [0.5, 0.6) is 5.75 Å². The summed E-state index contributed by atoms with van der Waals surface area (Å²) in [5.74, 6) is 0.0811. The number of methoxy groups -OCH3 is 2. The normalized spacial score (nSPS) is 11.9. The van der Waals surface area contributed by atoms with Crippen molar-refractivity contribution in [2.75, 3.05) is 14.2 Å². The second-order valence-corrected chi connectivity index (χ2v) is 4.32. The van der Waals surface area contributed by atoms with Crippen LogP contribution < -0.4 is 4.74 Å². The number of carbonyl (C=O) groups is 1. The average Bonchev–Trinajstić information content (AvgIpc) is 2.51. The topological polar surface area (TPSA) is 55.8 Å². The largest absolute Gasteiger partial charge is 0.496 e. The summed E-state index contributed by atoms with van der Waals surface area (Å²) in [6.07, 6.45) is -1.11. The molecule has 2 rings (SSSR count). The number of fused-ring (bicyclic) bond motifs is 1. The van der Waals surface area contributed by atoms with E-state index in [0.717, 1.165) is 10.8 Å². The standard InChI is InChI=1S/C16H16O4/c1-10(16(18)20-3)15(17)13-8-9-14(19-2)12-7-5-4-6-11(12)13/h4-9,15,17H,1H2,2-3H3. The van der Waals surface area contributed by atoms with Gasteiger partial charge in [-0.2, -0.15) is 0 Å². The molecule has 0 aliphatic carbocycles. The predicted molar refractivity (Wildman–Crippen MR) is 76.6 cm³/mol.